The van der Waals surface area contributed by atoms with Crippen molar-refractivity contribution in [1.82, 2.24) is 9.97 Å². The van der Waals surface area contributed by atoms with Crippen LogP contribution in [0.2, 0.25) is 0 Å². The van der Waals surface area contributed by atoms with Crippen LogP contribution in [-0.4, -0.2) is 16.0 Å². The number of aromatic nitrogens is 2. The van der Waals surface area contributed by atoms with Crippen LogP contribution >= 0.6 is 0 Å². The van der Waals surface area contributed by atoms with Gasteiger partial charge in [-0.05, 0) is 25.2 Å². The molecule has 17 heavy (non-hydrogen) atoms. The van der Waals surface area contributed by atoms with E-state index in [9.17, 15) is 0 Å². The van der Waals surface area contributed by atoms with Crippen LogP contribution in [0.5, 0.6) is 0 Å². The second-order valence-electron chi connectivity index (χ2n) is 4.89. The molecule has 1 saturated carbocycles. The molecule has 5 nitrogen and oxygen atoms in total. The molecule has 4 N–H and O–H groups in total. The quantitative estimate of drug-likeness (QED) is 0.425. The van der Waals surface area contributed by atoms with E-state index in [1.54, 1.807) is 0 Å². The van der Waals surface area contributed by atoms with Gasteiger partial charge < -0.3 is 10.7 Å². The highest BCUT2D eigenvalue weighted by Gasteiger charge is 2.16. The van der Waals surface area contributed by atoms with E-state index >= 15 is 0 Å². The lowest BCUT2D eigenvalue weighted by atomic mass is 10.0. The van der Waals surface area contributed by atoms with E-state index in [4.69, 9.17) is 5.84 Å². The second-order valence-corrected chi connectivity index (χ2v) is 4.89. The Morgan fingerprint density at radius 1 is 1.18 bits per heavy atom. The summed E-state index contributed by atoms with van der Waals surface area (Å²) >= 11 is 0. The molecule has 0 aliphatic heterocycles. The van der Waals surface area contributed by atoms with Gasteiger partial charge in [-0.3, -0.25) is 0 Å². The highest BCUT2D eigenvalue weighted by molar-refractivity contribution is 5.46. The van der Waals surface area contributed by atoms with Gasteiger partial charge in [-0.25, -0.2) is 15.8 Å². The van der Waals surface area contributed by atoms with E-state index in [0.29, 0.717) is 11.9 Å². The molecule has 1 aliphatic rings. The van der Waals surface area contributed by atoms with E-state index < -0.39 is 0 Å². The van der Waals surface area contributed by atoms with Gasteiger partial charge >= 0.3 is 0 Å². The van der Waals surface area contributed by atoms with Gasteiger partial charge in [-0.2, -0.15) is 0 Å². The molecule has 0 radical (unpaired) electrons. The predicted molar refractivity (Wildman–Crippen MR) is 69.5 cm³/mol. The smallest absolute Gasteiger partial charge is 0.145 e. The van der Waals surface area contributed by atoms with Crippen molar-refractivity contribution >= 4 is 11.6 Å². The van der Waals surface area contributed by atoms with Crippen molar-refractivity contribution in [2.75, 3.05) is 10.7 Å². The third-order valence-corrected chi connectivity index (χ3v) is 3.42. The summed E-state index contributed by atoms with van der Waals surface area (Å²) in [6.07, 6.45) is 7.90. The zero-order valence-corrected chi connectivity index (χ0v) is 10.3. The molecular weight excluding hydrogens is 214 g/mol. The highest BCUT2D eigenvalue weighted by Crippen LogP contribution is 2.24. The number of nitrogen functional groups attached to an aromatic ring is 1. The molecule has 1 heterocycles. The fraction of sp³-hybridized carbons (Fsp3) is 0.667. The normalized spacial score (nSPS) is 25.1. The van der Waals surface area contributed by atoms with Gasteiger partial charge in [0.25, 0.3) is 0 Å². The van der Waals surface area contributed by atoms with E-state index in [0.717, 1.165) is 11.7 Å². The van der Waals surface area contributed by atoms with Crippen LogP contribution in [0, 0.1) is 5.92 Å². The third kappa shape index (κ3) is 3.56. The van der Waals surface area contributed by atoms with Crippen molar-refractivity contribution in [1.29, 1.82) is 0 Å². The third-order valence-electron chi connectivity index (χ3n) is 3.42. The molecule has 0 spiro atoms. The van der Waals surface area contributed by atoms with E-state index in [1.807, 2.05) is 6.07 Å². The van der Waals surface area contributed by atoms with Gasteiger partial charge in [-0.1, -0.05) is 19.8 Å². The molecule has 0 saturated heterocycles. The van der Waals surface area contributed by atoms with Crippen LogP contribution < -0.4 is 16.6 Å². The first-order chi connectivity index (χ1) is 8.28. The van der Waals surface area contributed by atoms with Crippen molar-refractivity contribution in [3.8, 4) is 0 Å². The first-order valence-corrected chi connectivity index (χ1v) is 6.33. The second kappa shape index (κ2) is 5.82. The first kappa shape index (κ1) is 12.1. The minimum absolute atomic E-state index is 0.528. The Hall–Kier alpha value is -1.36. The van der Waals surface area contributed by atoms with Crippen molar-refractivity contribution in [3.63, 3.8) is 0 Å². The lowest BCUT2D eigenvalue weighted by Gasteiger charge is -2.17. The summed E-state index contributed by atoms with van der Waals surface area (Å²) in [6, 6.07) is 2.37. The number of hydrogen-bond donors (Lipinski definition) is 3. The Morgan fingerprint density at radius 2 is 2.00 bits per heavy atom. The number of rotatable bonds is 3. The van der Waals surface area contributed by atoms with Gasteiger partial charge in [0, 0.05) is 12.1 Å². The Morgan fingerprint density at radius 3 is 2.82 bits per heavy atom. The zero-order chi connectivity index (χ0) is 12.1. The summed E-state index contributed by atoms with van der Waals surface area (Å²) < 4.78 is 0. The zero-order valence-electron chi connectivity index (χ0n) is 10.3. The Balaban J connectivity index is 1.94. The van der Waals surface area contributed by atoms with Crippen LogP contribution in [-0.2, 0) is 0 Å². The van der Waals surface area contributed by atoms with E-state index in [2.05, 4.69) is 27.6 Å². The number of hydrazine groups is 1. The lowest BCUT2D eigenvalue weighted by molar-refractivity contribution is 0.502. The number of hydrogen-bond acceptors (Lipinski definition) is 5. The van der Waals surface area contributed by atoms with Crippen molar-refractivity contribution in [2.45, 2.75) is 45.1 Å². The topological polar surface area (TPSA) is 75.9 Å². The largest absolute Gasteiger partial charge is 0.367 e. The van der Waals surface area contributed by atoms with Crippen molar-refractivity contribution in [3.05, 3.63) is 12.4 Å². The Kier molecular flexibility index (Phi) is 4.14. The number of nitrogens with two attached hydrogens (primary N) is 1. The molecule has 2 unspecified atom stereocenters. The van der Waals surface area contributed by atoms with Crippen LogP contribution in [0.15, 0.2) is 12.4 Å². The maximum absolute atomic E-state index is 5.33. The van der Waals surface area contributed by atoms with Crippen molar-refractivity contribution < 1.29 is 0 Å². The monoisotopic (exact) mass is 235 g/mol. The van der Waals surface area contributed by atoms with Gasteiger partial charge in [0.05, 0.1) is 0 Å². The van der Waals surface area contributed by atoms with Gasteiger partial charge in [-0.15, -0.1) is 0 Å². The maximum atomic E-state index is 5.33. The summed E-state index contributed by atoms with van der Waals surface area (Å²) in [5, 5.41) is 3.47. The standard InChI is InChI=1S/C12H21N5/c1-9-3-2-4-10(6-5-9)16-11-7-12(17-13)15-8-14-11/h7-10H,2-6,13H2,1H3,(H2,14,15,16,17). The minimum atomic E-state index is 0.528. The summed E-state index contributed by atoms with van der Waals surface area (Å²) in [5.74, 6) is 7.68. The number of nitrogens with zero attached hydrogens (tertiary/aromatic N) is 2. The SMILES string of the molecule is CC1CCCC(Nc2cc(NN)ncn2)CC1. The summed E-state index contributed by atoms with van der Waals surface area (Å²) in [6.45, 7) is 2.34. The molecule has 1 aliphatic carbocycles. The van der Waals surface area contributed by atoms with Crippen molar-refractivity contribution in [2.24, 2.45) is 11.8 Å². The average Bonchev–Trinajstić information content (AvgIpc) is 2.55. The fourth-order valence-electron chi connectivity index (χ4n) is 2.36. The number of nitrogens with one attached hydrogen (secondary N) is 2. The molecule has 0 aromatic carbocycles. The molecular formula is C12H21N5. The molecule has 2 atom stereocenters. The Bertz CT molecular complexity index is 355. The van der Waals surface area contributed by atoms with Crippen LogP contribution in [0.25, 0.3) is 0 Å². The predicted octanol–water partition coefficient (Wildman–Crippen LogP) is 2.14. The van der Waals surface area contributed by atoms with Crippen LogP contribution in [0.1, 0.15) is 39.0 Å². The Labute approximate surface area is 102 Å². The lowest BCUT2D eigenvalue weighted by Crippen LogP contribution is -2.19. The minimum Gasteiger partial charge on any atom is -0.367 e. The van der Waals surface area contributed by atoms with E-state index in [1.165, 1.54) is 38.4 Å². The van der Waals surface area contributed by atoms with Crippen LogP contribution in [0.4, 0.5) is 11.6 Å². The molecule has 0 amide bonds. The maximum Gasteiger partial charge on any atom is 0.145 e. The van der Waals surface area contributed by atoms with Crippen LogP contribution in [0.3, 0.4) is 0 Å². The number of anilines is 2. The molecule has 1 aromatic rings. The summed E-state index contributed by atoms with van der Waals surface area (Å²) in [4.78, 5) is 8.21. The van der Waals surface area contributed by atoms with Gasteiger partial charge in [0.2, 0.25) is 0 Å². The first-order valence-electron chi connectivity index (χ1n) is 6.33. The summed E-state index contributed by atoms with van der Waals surface area (Å²) in [7, 11) is 0. The highest BCUT2D eigenvalue weighted by atomic mass is 15.3. The van der Waals surface area contributed by atoms with Gasteiger partial charge in [0.1, 0.15) is 18.0 Å². The molecule has 0 bridgehead atoms. The molecule has 94 valence electrons. The molecule has 5 heteroatoms. The van der Waals surface area contributed by atoms with Gasteiger partial charge in [0.15, 0.2) is 0 Å². The molecule has 1 fully saturated rings. The molecule has 2 rings (SSSR count). The molecule has 1 aromatic heterocycles. The average molecular weight is 235 g/mol. The fourth-order valence-corrected chi connectivity index (χ4v) is 2.36. The van der Waals surface area contributed by atoms with E-state index in [-0.39, 0.29) is 0 Å². The summed E-state index contributed by atoms with van der Waals surface area (Å²) in [5.41, 5.74) is 2.53.